The molecule has 1 fully saturated rings. The summed E-state index contributed by atoms with van der Waals surface area (Å²) in [6, 6.07) is 1.97. The van der Waals surface area contributed by atoms with Gasteiger partial charge in [-0.05, 0) is 19.9 Å². The molecule has 0 saturated carbocycles. The van der Waals surface area contributed by atoms with Crippen LogP contribution >= 0.6 is 0 Å². The van der Waals surface area contributed by atoms with E-state index >= 15 is 0 Å². The lowest BCUT2D eigenvalue weighted by Gasteiger charge is -2.19. The molecule has 1 aliphatic heterocycles. The van der Waals surface area contributed by atoms with E-state index in [0.717, 1.165) is 0 Å². The zero-order valence-electron chi connectivity index (χ0n) is 7.15. The minimum absolute atomic E-state index is 0.618. The van der Waals surface area contributed by atoms with Gasteiger partial charge in [0.05, 0.1) is 0 Å². The maximum atomic E-state index is 3.53. The second-order valence-electron chi connectivity index (χ2n) is 3.46. The highest BCUT2D eigenvalue weighted by Crippen LogP contribution is 2.06. The van der Waals surface area contributed by atoms with Gasteiger partial charge >= 0.3 is 0 Å². The van der Waals surface area contributed by atoms with Crippen molar-refractivity contribution in [3.63, 3.8) is 0 Å². The van der Waals surface area contributed by atoms with Gasteiger partial charge in [0.25, 0.3) is 0 Å². The third kappa shape index (κ3) is 1.96. The molecule has 0 bridgehead atoms. The molecule has 0 spiro atoms. The minimum Gasteiger partial charge on any atom is -0.313 e. The summed E-state index contributed by atoms with van der Waals surface area (Å²) in [5.41, 5.74) is 0. The van der Waals surface area contributed by atoms with Crippen LogP contribution in [0, 0.1) is 0 Å². The molecule has 0 aliphatic carbocycles. The van der Waals surface area contributed by atoms with Crippen LogP contribution in [-0.4, -0.2) is 24.7 Å². The molecule has 0 aromatic heterocycles. The van der Waals surface area contributed by atoms with Gasteiger partial charge in [-0.3, -0.25) is 0 Å². The Hall–Kier alpha value is -0.0800. The van der Waals surface area contributed by atoms with Crippen molar-refractivity contribution in [2.45, 2.75) is 45.3 Å². The van der Waals surface area contributed by atoms with Crippen molar-refractivity contribution in [1.29, 1.82) is 0 Å². The largest absolute Gasteiger partial charge is 0.313 e. The van der Waals surface area contributed by atoms with Crippen LogP contribution in [0.1, 0.15) is 27.2 Å². The summed E-state index contributed by atoms with van der Waals surface area (Å²) in [5, 5.41) is 6.94. The van der Waals surface area contributed by atoms with Gasteiger partial charge < -0.3 is 10.6 Å². The van der Waals surface area contributed by atoms with E-state index in [-0.39, 0.29) is 0 Å². The molecule has 1 rings (SSSR count). The van der Waals surface area contributed by atoms with Crippen LogP contribution in [-0.2, 0) is 0 Å². The van der Waals surface area contributed by atoms with Crippen molar-refractivity contribution in [2.75, 3.05) is 6.54 Å². The van der Waals surface area contributed by atoms with E-state index in [4.69, 9.17) is 0 Å². The molecule has 1 heterocycles. The third-order valence-electron chi connectivity index (χ3n) is 2.07. The van der Waals surface area contributed by atoms with E-state index in [1.54, 1.807) is 0 Å². The third-order valence-corrected chi connectivity index (χ3v) is 2.07. The van der Waals surface area contributed by atoms with E-state index in [1.807, 2.05) is 0 Å². The van der Waals surface area contributed by atoms with Crippen LogP contribution in [0.25, 0.3) is 0 Å². The predicted octanol–water partition coefficient (Wildman–Crippen LogP) is 0.735. The van der Waals surface area contributed by atoms with Crippen molar-refractivity contribution in [2.24, 2.45) is 0 Å². The first kappa shape index (κ1) is 8.02. The maximum Gasteiger partial charge on any atom is 0.0232 e. The van der Waals surface area contributed by atoms with Crippen LogP contribution in [0.15, 0.2) is 0 Å². The Morgan fingerprint density at radius 2 is 2.20 bits per heavy atom. The molecular weight excluding hydrogens is 124 g/mol. The fourth-order valence-electron chi connectivity index (χ4n) is 1.51. The fourth-order valence-corrected chi connectivity index (χ4v) is 1.51. The summed E-state index contributed by atoms with van der Waals surface area (Å²) < 4.78 is 0. The minimum atomic E-state index is 0.618. The number of hydrogen-bond donors (Lipinski definition) is 2. The van der Waals surface area contributed by atoms with Gasteiger partial charge in [-0.15, -0.1) is 0 Å². The molecule has 0 radical (unpaired) electrons. The standard InChI is InChI=1S/C8H18N2/c1-6(2)10-8-4-5-9-7(8)3/h6-10H,4-5H2,1-3H3. The molecule has 0 aromatic carbocycles. The summed E-state index contributed by atoms with van der Waals surface area (Å²) in [6.07, 6.45) is 1.28. The van der Waals surface area contributed by atoms with Crippen molar-refractivity contribution in [1.82, 2.24) is 10.6 Å². The summed E-state index contributed by atoms with van der Waals surface area (Å²) in [6.45, 7) is 7.81. The van der Waals surface area contributed by atoms with Gasteiger partial charge in [0.15, 0.2) is 0 Å². The number of rotatable bonds is 2. The first-order valence-electron chi connectivity index (χ1n) is 4.19. The Morgan fingerprint density at radius 3 is 2.60 bits per heavy atom. The van der Waals surface area contributed by atoms with Gasteiger partial charge in [0.2, 0.25) is 0 Å². The van der Waals surface area contributed by atoms with Crippen molar-refractivity contribution >= 4 is 0 Å². The summed E-state index contributed by atoms with van der Waals surface area (Å²) in [7, 11) is 0. The Bertz CT molecular complexity index is 101. The van der Waals surface area contributed by atoms with Crippen LogP contribution in [0.2, 0.25) is 0 Å². The average molecular weight is 142 g/mol. The van der Waals surface area contributed by atoms with E-state index in [2.05, 4.69) is 31.4 Å². The number of nitrogens with one attached hydrogen (secondary N) is 2. The second kappa shape index (κ2) is 3.35. The van der Waals surface area contributed by atoms with Gasteiger partial charge in [0, 0.05) is 18.1 Å². The Balaban J connectivity index is 2.26. The van der Waals surface area contributed by atoms with Gasteiger partial charge in [0.1, 0.15) is 0 Å². The fraction of sp³-hybridized carbons (Fsp3) is 1.00. The lowest BCUT2D eigenvalue weighted by atomic mass is 10.1. The van der Waals surface area contributed by atoms with E-state index < -0.39 is 0 Å². The highest BCUT2D eigenvalue weighted by molar-refractivity contribution is 4.86. The Labute approximate surface area is 63.4 Å². The highest BCUT2D eigenvalue weighted by Gasteiger charge is 2.22. The van der Waals surface area contributed by atoms with Crippen molar-refractivity contribution < 1.29 is 0 Å². The first-order chi connectivity index (χ1) is 4.70. The summed E-state index contributed by atoms with van der Waals surface area (Å²) >= 11 is 0. The lowest BCUT2D eigenvalue weighted by Crippen LogP contribution is -2.41. The second-order valence-corrected chi connectivity index (χ2v) is 3.46. The van der Waals surface area contributed by atoms with Crippen LogP contribution < -0.4 is 10.6 Å². The maximum absolute atomic E-state index is 3.53. The van der Waals surface area contributed by atoms with Gasteiger partial charge in [-0.25, -0.2) is 0 Å². The summed E-state index contributed by atoms with van der Waals surface area (Å²) in [4.78, 5) is 0. The zero-order valence-corrected chi connectivity index (χ0v) is 7.15. The zero-order chi connectivity index (χ0) is 7.56. The van der Waals surface area contributed by atoms with Crippen LogP contribution in [0.3, 0.4) is 0 Å². The molecule has 10 heavy (non-hydrogen) atoms. The highest BCUT2D eigenvalue weighted by atomic mass is 15.1. The quantitative estimate of drug-likeness (QED) is 0.594. The first-order valence-corrected chi connectivity index (χ1v) is 4.19. The SMILES string of the molecule is CC(C)NC1CCNC1C. The molecule has 60 valence electrons. The lowest BCUT2D eigenvalue weighted by molar-refractivity contribution is 0.433. The molecule has 0 amide bonds. The molecule has 2 nitrogen and oxygen atoms in total. The van der Waals surface area contributed by atoms with Crippen LogP contribution in [0.4, 0.5) is 0 Å². The van der Waals surface area contributed by atoms with E-state index in [9.17, 15) is 0 Å². The molecule has 0 aromatic rings. The normalized spacial score (nSPS) is 33.6. The molecule has 2 heteroatoms. The topological polar surface area (TPSA) is 24.1 Å². The monoisotopic (exact) mass is 142 g/mol. The smallest absolute Gasteiger partial charge is 0.0232 e. The Morgan fingerprint density at radius 1 is 1.50 bits per heavy atom. The van der Waals surface area contributed by atoms with E-state index in [0.29, 0.717) is 18.1 Å². The molecule has 2 atom stereocenters. The summed E-state index contributed by atoms with van der Waals surface area (Å²) in [5.74, 6) is 0. The molecule has 2 unspecified atom stereocenters. The average Bonchev–Trinajstić information content (AvgIpc) is 2.15. The number of hydrogen-bond acceptors (Lipinski definition) is 2. The van der Waals surface area contributed by atoms with E-state index in [1.165, 1.54) is 13.0 Å². The van der Waals surface area contributed by atoms with Crippen LogP contribution in [0.5, 0.6) is 0 Å². The predicted molar refractivity (Wildman–Crippen MR) is 44.1 cm³/mol. The van der Waals surface area contributed by atoms with Crippen molar-refractivity contribution in [3.05, 3.63) is 0 Å². The molecule has 2 N–H and O–H groups in total. The Kier molecular flexibility index (Phi) is 2.69. The van der Waals surface area contributed by atoms with Gasteiger partial charge in [-0.2, -0.15) is 0 Å². The van der Waals surface area contributed by atoms with Crippen molar-refractivity contribution in [3.8, 4) is 0 Å². The van der Waals surface area contributed by atoms with Gasteiger partial charge in [-0.1, -0.05) is 13.8 Å². The molecule has 1 saturated heterocycles. The molecule has 1 aliphatic rings. The molecular formula is C8H18N2.